The summed E-state index contributed by atoms with van der Waals surface area (Å²) in [6, 6.07) is 0. The first-order valence-electron chi connectivity index (χ1n) is 9.39. The van der Waals surface area contributed by atoms with Gasteiger partial charge in [-0.2, -0.15) is 0 Å². The first kappa shape index (κ1) is 17.9. The number of amides is 1. The van der Waals surface area contributed by atoms with Gasteiger partial charge in [0.15, 0.2) is 0 Å². The molecule has 0 spiro atoms. The SMILES string of the molecule is CC(C)(C)c1nc(CN2CCCN(C(=O)C3CCCC3)CC2)cs1. The lowest BCUT2D eigenvalue weighted by Crippen LogP contribution is -2.38. The molecule has 2 heterocycles. The minimum atomic E-state index is 0.131. The Labute approximate surface area is 150 Å². The highest BCUT2D eigenvalue weighted by Crippen LogP contribution is 2.28. The van der Waals surface area contributed by atoms with Crippen molar-refractivity contribution >= 4 is 17.2 Å². The minimum Gasteiger partial charge on any atom is -0.341 e. The topological polar surface area (TPSA) is 36.4 Å². The van der Waals surface area contributed by atoms with E-state index < -0.39 is 0 Å². The number of hydrogen-bond donors (Lipinski definition) is 0. The number of carbonyl (C=O) groups is 1. The number of rotatable bonds is 3. The van der Waals surface area contributed by atoms with Crippen LogP contribution in [0.2, 0.25) is 0 Å². The van der Waals surface area contributed by atoms with Crippen LogP contribution in [0.1, 0.15) is 63.6 Å². The van der Waals surface area contributed by atoms with Crippen LogP contribution in [0.3, 0.4) is 0 Å². The zero-order chi connectivity index (χ0) is 17.2. The fraction of sp³-hybridized carbons (Fsp3) is 0.789. The van der Waals surface area contributed by atoms with Gasteiger partial charge in [-0.15, -0.1) is 11.3 Å². The summed E-state index contributed by atoms with van der Waals surface area (Å²) in [4.78, 5) is 22.0. The van der Waals surface area contributed by atoms with Crippen molar-refractivity contribution in [2.75, 3.05) is 26.2 Å². The van der Waals surface area contributed by atoms with E-state index in [4.69, 9.17) is 4.98 Å². The normalized spacial score (nSPS) is 21.2. The summed E-state index contributed by atoms with van der Waals surface area (Å²) in [6.45, 7) is 11.4. The Morgan fingerprint density at radius 3 is 2.58 bits per heavy atom. The summed E-state index contributed by atoms with van der Waals surface area (Å²) in [7, 11) is 0. The molecule has 134 valence electrons. The minimum absolute atomic E-state index is 0.131. The van der Waals surface area contributed by atoms with Crippen molar-refractivity contribution in [1.82, 2.24) is 14.8 Å². The molecule has 1 amide bonds. The zero-order valence-electron chi connectivity index (χ0n) is 15.4. The Morgan fingerprint density at radius 1 is 1.17 bits per heavy atom. The Hall–Kier alpha value is -0.940. The van der Waals surface area contributed by atoms with Crippen LogP contribution in [0, 0.1) is 5.92 Å². The number of carbonyl (C=O) groups excluding carboxylic acids is 1. The van der Waals surface area contributed by atoms with Gasteiger partial charge < -0.3 is 4.90 Å². The molecule has 2 aliphatic rings. The molecule has 1 aliphatic carbocycles. The summed E-state index contributed by atoms with van der Waals surface area (Å²) in [5, 5.41) is 3.41. The second kappa shape index (κ2) is 7.52. The molecule has 1 aromatic heterocycles. The number of nitrogens with zero attached hydrogens (tertiary/aromatic N) is 3. The monoisotopic (exact) mass is 349 g/mol. The largest absolute Gasteiger partial charge is 0.341 e. The third-order valence-corrected chi connectivity index (χ3v) is 6.50. The molecular formula is C19H31N3OS. The molecule has 2 fully saturated rings. The van der Waals surface area contributed by atoms with Gasteiger partial charge in [0.1, 0.15) is 0 Å². The molecule has 4 nitrogen and oxygen atoms in total. The van der Waals surface area contributed by atoms with Crippen molar-refractivity contribution in [3.8, 4) is 0 Å². The van der Waals surface area contributed by atoms with Crippen LogP contribution in [-0.4, -0.2) is 46.9 Å². The van der Waals surface area contributed by atoms with E-state index in [-0.39, 0.29) is 5.41 Å². The van der Waals surface area contributed by atoms with Gasteiger partial charge in [-0.1, -0.05) is 33.6 Å². The quantitative estimate of drug-likeness (QED) is 0.835. The van der Waals surface area contributed by atoms with E-state index in [0.29, 0.717) is 11.8 Å². The summed E-state index contributed by atoms with van der Waals surface area (Å²) in [6.07, 6.45) is 5.75. The van der Waals surface area contributed by atoms with Crippen molar-refractivity contribution in [2.24, 2.45) is 5.92 Å². The van der Waals surface area contributed by atoms with Gasteiger partial charge in [0, 0.05) is 49.4 Å². The van der Waals surface area contributed by atoms with Gasteiger partial charge in [0.25, 0.3) is 0 Å². The van der Waals surface area contributed by atoms with E-state index in [1.165, 1.54) is 23.5 Å². The zero-order valence-corrected chi connectivity index (χ0v) is 16.2. The average Bonchev–Trinajstić information content (AvgIpc) is 3.15. The molecule has 0 N–H and O–H groups in total. The van der Waals surface area contributed by atoms with E-state index in [1.54, 1.807) is 11.3 Å². The Balaban J connectivity index is 1.53. The highest BCUT2D eigenvalue weighted by Gasteiger charge is 2.28. The molecule has 1 saturated heterocycles. The van der Waals surface area contributed by atoms with E-state index in [9.17, 15) is 4.79 Å². The lowest BCUT2D eigenvalue weighted by Gasteiger charge is -2.24. The Bertz CT molecular complexity index is 557. The molecule has 0 bridgehead atoms. The van der Waals surface area contributed by atoms with E-state index >= 15 is 0 Å². The number of thiazole rings is 1. The molecule has 1 aromatic rings. The molecule has 24 heavy (non-hydrogen) atoms. The third kappa shape index (κ3) is 4.37. The Morgan fingerprint density at radius 2 is 1.92 bits per heavy atom. The van der Waals surface area contributed by atoms with E-state index in [1.807, 2.05) is 0 Å². The maximum atomic E-state index is 12.6. The van der Waals surface area contributed by atoms with Crippen LogP contribution in [0.5, 0.6) is 0 Å². The second-order valence-electron chi connectivity index (χ2n) is 8.33. The summed E-state index contributed by atoms with van der Waals surface area (Å²) in [5.41, 5.74) is 1.31. The lowest BCUT2D eigenvalue weighted by atomic mass is 9.98. The first-order chi connectivity index (χ1) is 11.4. The van der Waals surface area contributed by atoms with E-state index in [2.05, 4.69) is 36.0 Å². The highest BCUT2D eigenvalue weighted by atomic mass is 32.1. The standard InChI is InChI=1S/C19H31N3OS/c1-19(2,3)18-20-16(14-24-18)13-21-9-6-10-22(12-11-21)17(23)15-7-4-5-8-15/h14-15H,4-13H2,1-3H3. The Kier molecular flexibility index (Phi) is 5.60. The first-order valence-corrected chi connectivity index (χ1v) is 10.3. The average molecular weight is 350 g/mol. The third-order valence-electron chi connectivity index (χ3n) is 5.18. The van der Waals surface area contributed by atoms with Crippen molar-refractivity contribution in [2.45, 2.75) is 64.8 Å². The molecule has 0 unspecified atom stereocenters. The lowest BCUT2D eigenvalue weighted by molar-refractivity contribution is -0.135. The van der Waals surface area contributed by atoms with Gasteiger partial charge in [-0.05, 0) is 19.3 Å². The predicted molar refractivity (Wildman–Crippen MR) is 99.2 cm³/mol. The molecule has 1 saturated carbocycles. The maximum absolute atomic E-state index is 12.6. The van der Waals surface area contributed by atoms with Crippen LogP contribution in [0.15, 0.2) is 5.38 Å². The van der Waals surface area contributed by atoms with Crippen molar-refractivity contribution < 1.29 is 4.79 Å². The summed E-state index contributed by atoms with van der Waals surface area (Å²) >= 11 is 1.77. The predicted octanol–water partition coefficient (Wildman–Crippen LogP) is 3.67. The smallest absolute Gasteiger partial charge is 0.225 e. The van der Waals surface area contributed by atoms with Crippen LogP contribution >= 0.6 is 11.3 Å². The van der Waals surface area contributed by atoms with Gasteiger partial charge in [-0.3, -0.25) is 9.69 Å². The van der Waals surface area contributed by atoms with Gasteiger partial charge in [0.2, 0.25) is 5.91 Å². The molecule has 3 rings (SSSR count). The van der Waals surface area contributed by atoms with Crippen LogP contribution in [-0.2, 0) is 16.8 Å². The van der Waals surface area contributed by atoms with Crippen molar-refractivity contribution in [1.29, 1.82) is 0 Å². The van der Waals surface area contributed by atoms with Gasteiger partial charge in [0.05, 0.1) is 10.7 Å². The fourth-order valence-electron chi connectivity index (χ4n) is 3.73. The summed E-state index contributed by atoms with van der Waals surface area (Å²) < 4.78 is 0. The van der Waals surface area contributed by atoms with Crippen molar-refractivity contribution in [3.63, 3.8) is 0 Å². The van der Waals surface area contributed by atoms with E-state index in [0.717, 1.165) is 52.0 Å². The molecular weight excluding hydrogens is 318 g/mol. The molecule has 0 radical (unpaired) electrons. The molecule has 1 aliphatic heterocycles. The molecule has 0 aromatic carbocycles. The summed E-state index contributed by atoms with van der Waals surface area (Å²) in [5.74, 6) is 0.725. The maximum Gasteiger partial charge on any atom is 0.225 e. The molecule has 0 atom stereocenters. The number of hydrogen-bond acceptors (Lipinski definition) is 4. The van der Waals surface area contributed by atoms with Gasteiger partial charge >= 0.3 is 0 Å². The van der Waals surface area contributed by atoms with Crippen LogP contribution in [0.4, 0.5) is 0 Å². The van der Waals surface area contributed by atoms with Gasteiger partial charge in [-0.25, -0.2) is 4.98 Å². The second-order valence-corrected chi connectivity index (χ2v) is 9.19. The fourth-order valence-corrected chi connectivity index (χ4v) is 4.63. The molecule has 5 heteroatoms. The van der Waals surface area contributed by atoms with Crippen LogP contribution in [0.25, 0.3) is 0 Å². The van der Waals surface area contributed by atoms with Crippen LogP contribution < -0.4 is 0 Å². The van der Waals surface area contributed by atoms with Crippen molar-refractivity contribution in [3.05, 3.63) is 16.1 Å². The highest BCUT2D eigenvalue weighted by molar-refractivity contribution is 7.09. The number of aromatic nitrogens is 1.